The number of anilines is 1. The Morgan fingerprint density at radius 1 is 1.35 bits per heavy atom. The number of amides is 1. The second-order valence-corrected chi connectivity index (χ2v) is 6.20. The van der Waals surface area contributed by atoms with Crippen molar-refractivity contribution in [2.24, 2.45) is 0 Å². The summed E-state index contributed by atoms with van der Waals surface area (Å²) in [5.41, 5.74) is 0.765. The highest BCUT2D eigenvalue weighted by atomic mass is 16.6. The number of nitrogens with one attached hydrogen (secondary N) is 2. The number of rotatable bonds is 5. The number of fused-ring (bicyclic) bond motifs is 1. The van der Waals surface area contributed by atoms with Crippen LogP contribution in [0.2, 0.25) is 0 Å². The average molecular weight is 365 g/mol. The molecular formula is C15H23N7O4. The van der Waals surface area contributed by atoms with E-state index in [0.717, 1.165) is 0 Å². The van der Waals surface area contributed by atoms with Crippen LogP contribution in [0.3, 0.4) is 0 Å². The number of ether oxygens (including phenoxy) is 1. The molecule has 3 heterocycles. The van der Waals surface area contributed by atoms with Gasteiger partial charge >= 0.3 is 0 Å². The molecule has 1 aliphatic heterocycles. The normalized spacial score (nSPS) is 25.6. The number of carbonyl (C=O) groups is 1. The van der Waals surface area contributed by atoms with Crippen molar-refractivity contribution in [3.63, 3.8) is 0 Å². The van der Waals surface area contributed by atoms with Gasteiger partial charge in [0.15, 0.2) is 23.2 Å². The van der Waals surface area contributed by atoms with Crippen LogP contribution in [0.5, 0.6) is 0 Å². The predicted molar refractivity (Wildman–Crippen MR) is 92.5 cm³/mol. The summed E-state index contributed by atoms with van der Waals surface area (Å²) in [6.45, 7) is 2.01. The first kappa shape index (κ1) is 18.5. The molecule has 1 amide bonds. The largest absolute Gasteiger partial charge is 0.388 e. The topological polar surface area (TPSA) is 138 Å². The number of aliphatic hydroxyl groups excluding tert-OH is 2. The lowest BCUT2D eigenvalue weighted by molar-refractivity contribution is -0.0299. The Labute approximate surface area is 150 Å². The molecular weight excluding hydrogens is 342 g/mol. The fraction of sp³-hybridized carbons (Fsp3) is 0.600. The Kier molecular flexibility index (Phi) is 5.05. The average Bonchev–Trinajstić information content (AvgIpc) is 3.16. The van der Waals surface area contributed by atoms with E-state index in [-0.39, 0.29) is 11.7 Å². The Hall–Kier alpha value is -2.34. The van der Waals surface area contributed by atoms with Crippen molar-refractivity contribution in [3.05, 3.63) is 12.2 Å². The van der Waals surface area contributed by atoms with Crippen molar-refractivity contribution in [1.82, 2.24) is 29.7 Å². The molecule has 1 saturated heterocycles. The van der Waals surface area contributed by atoms with Crippen LogP contribution in [-0.4, -0.2) is 86.7 Å². The third-order valence-corrected chi connectivity index (χ3v) is 4.34. The minimum Gasteiger partial charge on any atom is -0.388 e. The first-order valence-electron chi connectivity index (χ1n) is 8.23. The highest BCUT2D eigenvalue weighted by molar-refractivity contribution is 5.94. The summed E-state index contributed by atoms with van der Waals surface area (Å²) in [6.07, 6.45) is -2.11. The quantitative estimate of drug-likeness (QED) is 0.479. The molecule has 1 aliphatic rings. The van der Waals surface area contributed by atoms with Crippen molar-refractivity contribution < 1.29 is 19.7 Å². The zero-order chi connectivity index (χ0) is 19.0. The molecule has 0 spiro atoms. The molecule has 142 valence electrons. The summed E-state index contributed by atoms with van der Waals surface area (Å²) >= 11 is 0. The predicted octanol–water partition coefficient (Wildman–Crippen LogP) is -1.24. The first-order valence-corrected chi connectivity index (χ1v) is 8.23. The van der Waals surface area contributed by atoms with E-state index < -0.39 is 24.5 Å². The van der Waals surface area contributed by atoms with Crippen molar-refractivity contribution in [1.29, 1.82) is 0 Å². The zero-order valence-electron chi connectivity index (χ0n) is 15.0. The van der Waals surface area contributed by atoms with Gasteiger partial charge in [-0.25, -0.2) is 15.0 Å². The Balaban J connectivity index is 2.07. The van der Waals surface area contributed by atoms with E-state index in [4.69, 9.17) is 4.74 Å². The fourth-order valence-corrected chi connectivity index (χ4v) is 2.91. The Morgan fingerprint density at radius 2 is 2.08 bits per heavy atom. The number of nitrogens with zero attached hydrogens (tertiary/aromatic N) is 5. The summed E-state index contributed by atoms with van der Waals surface area (Å²) in [6, 6.07) is 0. The summed E-state index contributed by atoms with van der Waals surface area (Å²) in [5, 5.41) is 26.0. The smallest absolute Gasteiger partial charge is 0.292 e. The number of hydrogen-bond acceptors (Lipinski definition) is 9. The number of hydrogen-bond donors (Lipinski definition) is 4. The first-order chi connectivity index (χ1) is 12.4. The molecule has 4 N–H and O–H groups in total. The fourth-order valence-electron chi connectivity index (χ4n) is 2.91. The number of aliphatic hydroxyl groups is 2. The van der Waals surface area contributed by atoms with Crippen LogP contribution in [0, 0.1) is 0 Å². The lowest BCUT2D eigenvalue weighted by Crippen LogP contribution is -2.35. The molecule has 0 bridgehead atoms. The van der Waals surface area contributed by atoms with Gasteiger partial charge in [-0.15, -0.1) is 0 Å². The van der Waals surface area contributed by atoms with E-state index in [1.165, 1.54) is 15.8 Å². The molecule has 0 radical (unpaired) electrons. The number of carbonyl (C=O) groups excluding carboxylic acids is 1. The molecule has 1 fully saturated rings. The monoisotopic (exact) mass is 365 g/mol. The Bertz CT molecular complexity index is 811. The van der Waals surface area contributed by atoms with Crippen molar-refractivity contribution in [2.45, 2.75) is 31.5 Å². The van der Waals surface area contributed by atoms with Crippen LogP contribution < -0.4 is 10.6 Å². The second kappa shape index (κ2) is 7.11. The van der Waals surface area contributed by atoms with Crippen LogP contribution in [0.1, 0.15) is 23.8 Å². The van der Waals surface area contributed by atoms with Gasteiger partial charge in [0.2, 0.25) is 5.82 Å². The van der Waals surface area contributed by atoms with Crippen LogP contribution >= 0.6 is 0 Å². The van der Waals surface area contributed by atoms with Gasteiger partial charge in [0.1, 0.15) is 12.2 Å². The third kappa shape index (κ3) is 2.98. The van der Waals surface area contributed by atoms with Gasteiger partial charge in [0.25, 0.3) is 5.91 Å². The minimum atomic E-state index is -1.14. The molecule has 11 nitrogen and oxygen atoms in total. The van der Waals surface area contributed by atoms with Crippen LogP contribution in [0.4, 0.5) is 5.82 Å². The number of imidazole rings is 1. The summed E-state index contributed by atoms with van der Waals surface area (Å²) in [5.74, 6) is 0.00488. The highest BCUT2D eigenvalue weighted by Gasteiger charge is 2.42. The van der Waals surface area contributed by atoms with Crippen molar-refractivity contribution >= 4 is 22.9 Å². The van der Waals surface area contributed by atoms with E-state index in [0.29, 0.717) is 23.7 Å². The molecule has 4 atom stereocenters. The minimum absolute atomic E-state index is 0.0116. The lowest BCUT2D eigenvalue weighted by Gasteiger charge is -2.18. The van der Waals surface area contributed by atoms with Crippen LogP contribution in [0.15, 0.2) is 6.33 Å². The summed E-state index contributed by atoms with van der Waals surface area (Å²) in [4.78, 5) is 26.8. The standard InChI is InChI=1S/C15H23N7O4/c1-7-9(23)10(24)15(26-7)22-6-18-8-11(17-3)19-12(20-13(8)22)14(25)21(4)5-16-2/h6-7,9-10,15-16,23-24H,5H2,1-4H3,(H,17,19,20)/t7-,9-,10-,15-/m1/s1. The Morgan fingerprint density at radius 3 is 2.65 bits per heavy atom. The molecule has 0 aromatic carbocycles. The van der Waals surface area contributed by atoms with Crippen molar-refractivity contribution in [3.8, 4) is 0 Å². The van der Waals surface area contributed by atoms with Gasteiger partial charge in [0, 0.05) is 14.1 Å². The SMILES string of the molecule is CNCN(C)C(=O)c1nc(NC)c2ncn([C@@H]3O[C@H](C)[C@@H](O)[C@H]3O)c2n1. The molecule has 0 saturated carbocycles. The van der Waals surface area contributed by atoms with Gasteiger partial charge in [-0.05, 0) is 14.0 Å². The maximum absolute atomic E-state index is 12.6. The zero-order valence-corrected chi connectivity index (χ0v) is 15.0. The van der Waals surface area contributed by atoms with E-state index in [2.05, 4.69) is 25.6 Å². The van der Waals surface area contributed by atoms with E-state index in [1.54, 1.807) is 28.1 Å². The highest BCUT2D eigenvalue weighted by Crippen LogP contribution is 2.32. The maximum Gasteiger partial charge on any atom is 0.292 e. The molecule has 0 aliphatic carbocycles. The van der Waals surface area contributed by atoms with E-state index in [1.807, 2.05) is 0 Å². The van der Waals surface area contributed by atoms with Gasteiger partial charge in [0.05, 0.1) is 19.1 Å². The number of aromatic nitrogens is 4. The van der Waals surface area contributed by atoms with Gasteiger partial charge in [-0.3, -0.25) is 9.36 Å². The summed E-state index contributed by atoms with van der Waals surface area (Å²) in [7, 11) is 5.02. The van der Waals surface area contributed by atoms with Gasteiger partial charge in [-0.1, -0.05) is 0 Å². The van der Waals surface area contributed by atoms with Crippen LogP contribution in [0.25, 0.3) is 11.2 Å². The van der Waals surface area contributed by atoms with Crippen molar-refractivity contribution in [2.75, 3.05) is 33.1 Å². The van der Waals surface area contributed by atoms with Gasteiger partial charge in [-0.2, -0.15) is 0 Å². The second-order valence-electron chi connectivity index (χ2n) is 6.20. The maximum atomic E-state index is 12.6. The van der Waals surface area contributed by atoms with Crippen LogP contribution in [-0.2, 0) is 4.74 Å². The molecule has 2 aromatic rings. The molecule has 11 heteroatoms. The molecule has 0 unspecified atom stereocenters. The van der Waals surface area contributed by atoms with Gasteiger partial charge < -0.3 is 30.5 Å². The molecule has 26 heavy (non-hydrogen) atoms. The lowest BCUT2D eigenvalue weighted by atomic mass is 10.1. The summed E-state index contributed by atoms with van der Waals surface area (Å²) < 4.78 is 7.14. The molecule has 2 aromatic heterocycles. The third-order valence-electron chi connectivity index (χ3n) is 4.34. The van der Waals surface area contributed by atoms with E-state index in [9.17, 15) is 15.0 Å². The molecule has 3 rings (SSSR count). The van der Waals surface area contributed by atoms with E-state index >= 15 is 0 Å².